The van der Waals surface area contributed by atoms with Gasteiger partial charge in [0.05, 0.1) is 12.0 Å². The van der Waals surface area contributed by atoms with Crippen molar-refractivity contribution in [3.8, 4) is 0 Å². The zero-order valence-electron chi connectivity index (χ0n) is 12.8. The van der Waals surface area contributed by atoms with Gasteiger partial charge in [0.15, 0.2) is 5.79 Å². The van der Waals surface area contributed by atoms with Gasteiger partial charge in [-0.15, -0.1) is 0 Å². The van der Waals surface area contributed by atoms with E-state index in [-0.39, 0.29) is 29.8 Å². The lowest BCUT2D eigenvalue weighted by Gasteiger charge is -2.28. The number of ether oxygens (including phenoxy) is 3. The van der Waals surface area contributed by atoms with E-state index in [1.807, 2.05) is 19.9 Å². The van der Waals surface area contributed by atoms with Crippen molar-refractivity contribution in [1.82, 2.24) is 0 Å². The normalized spacial score (nSPS) is 51.2. The molecular formula is C18H20O4. The molecule has 0 aromatic heterocycles. The molecule has 116 valence electrons. The lowest BCUT2D eigenvalue weighted by molar-refractivity contribution is -0.295. The number of carbonyl (C=O) groups is 1. The Balaban J connectivity index is 1.49. The fraction of sp³-hybridized carbons (Fsp3) is 0.611. The highest BCUT2D eigenvalue weighted by Crippen LogP contribution is 2.68. The monoisotopic (exact) mass is 300 g/mol. The first-order chi connectivity index (χ1) is 10.5. The summed E-state index contributed by atoms with van der Waals surface area (Å²) in [7, 11) is 0. The smallest absolute Gasteiger partial charge is 0.312 e. The van der Waals surface area contributed by atoms with Gasteiger partial charge in [-0.1, -0.05) is 30.3 Å². The minimum absolute atomic E-state index is 0.0102. The van der Waals surface area contributed by atoms with E-state index >= 15 is 0 Å². The molecule has 5 rings (SSSR count). The Morgan fingerprint density at radius 1 is 1.14 bits per heavy atom. The average molecular weight is 300 g/mol. The minimum Gasteiger partial charge on any atom is -0.433 e. The van der Waals surface area contributed by atoms with Crippen molar-refractivity contribution in [2.45, 2.75) is 44.4 Å². The predicted octanol–water partition coefficient (Wildman–Crippen LogP) is 2.52. The van der Waals surface area contributed by atoms with E-state index in [1.165, 1.54) is 5.56 Å². The van der Waals surface area contributed by atoms with Gasteiger partial charge in [0.1, 0.15) is 0 Å². The topological polar surface area (TPSA) is 44.8 Å². The summed E-state index contributed by atoms with van der Waals surface area (Å²) in [6, 6.07) is 10.4. The molecule has 1 saturated carbocycles. The SMILES string of the molecule is C[C@@]12O[C@H](Cc3ccccc3)[C@H]3C[C@H]4C(=O)O[C@@](C)(O1)[C@H]4[C@@H]32. The number of benzene rings is 1. The lowest BCUT2D eigenvalue weighted by Crippen LogP contribution is -2.36. The molecule has 4 nitrogen and oxygen atoms in total. The summed E-state index contributed by atoms with van der Waals surface area (Å²) in [5.41, 5.74) is 1.28. The van der Waals surface area contributed by atoms with Crippen LogP contribution in [0.25, 0.3) is 0 Å². The number of esters is 1. The molecule has 3 heterocycles. The highest BCUT2D eigenvalue weighted by molar-refractivity contribution is 5.77. The summed E-state index contributed by atoms with van der Waals surface area (Å²) in [4.78, 5) is 12.2. The van der Waals surface area contributed by atoms with Gasteiger partial charge in [0.2, 0.25) is 5.79 Å². The fourth-order valence-corrected chi connectivity index (χ4v) is 5.57. The van der Waals surface area contributed by atoms with Crippen LogP contribution in [0, 0.1) is 23.7 Å². The Labute approximate surface area is 129 Å². The van der Waals surface area contributed by atoms with Gasteiger partial charge in [-0.25, -0.2) is 0 Å². The summed E-state index contributed by atoms with van der Waals surface area (Å²) >= 11 is 0. The minimum atomic E-state index is -0.784. The quantitative estimate of drug-likeness (QED) is 0.787. The summed E-state index contributed by atoms with van der Waals surface area (Å²) < 4.78 is 18.0. The molecule has 4 aliphatic rings. The predicted molar refractivity (Wildman–Crippen MR) is 77.6 cm³/mol. The molecule has 0 amide bonds. The van der Waals surface area contributed by atoms with E-state index in [0.717, 1.165) is 12.8 Å². The largest absolute Gasteiger partial charge is 0.433 e. The molecule has 7 atom stereocenters. The van der Waals surface area contributed by atoms with E-state index in [4.69, 9.17) is 14.2 Å². The molecule has 0 N–H and O–H groups in total. The van der Waals surface area contributed by atoms with E-state index in [2.05, 4.69) is 24.3 Å². The van der Waals surface area contributed by atoms with Crippen molar-refractivity contribution in [1.29, 1.82) is 0 Å². The molecular weight excluding hydrogens is 280 g/mol. The van der Waals surface area contributed by atoms with Crippen LogP contribution < -0.4 is 0 Å². The molecule has 1 aromatic rings. The van der Waals surface area contributed by atoms with Crippen molar-refractivity contribution in [2.24, 2.45) is 23.7 Å². The van der Waals surface area contributed by atoms with Crippen molar-refractivity contribution in [3.63, 3.8) is 0 Å². The lowest BCUT2D eigenvalue weighted by atomic mass is 9.81. The average Bonchev–Trinajstić information content (AvgIpc) is 3.10. The van der Waals surface area contributed by atoms with Gasteiger partial charge >= 0.3 is 5.97 Å². The maximum atomic E-state index is 12.2. The third-order valence-electron chi connectivity index (χ3n) is 6.17. The van der Waals surface area contributed by atoms with E-state index < -0.39 is 11.6 Å². The van der Waals surface area contributed by atoms with Crippen LogP contribution in [-0.4, -0.2) is 23.6 Å². The van der Waals surface area contributed by atoms with Crippen LogP contribution in [0.3, 0.4) is 0 Å². The van der Waals surface area contributed by atoms with Gasteiger partial charge in [-0.3, -0.25) is 4.79 Å². The third kappa shape index (κ3) is 1.47. The van der Waals surface area contributed by atoms with Crippen molar-refractivity contribution < 1.29 is 19.0 Å². The van der Waals surface area contributed by atoms with Crippen LogP contribution in [0.2, 0.25) is 0 Å². The Hall–Kier alpha value is -1.39. The van der Waals surface area contributed by atoms with Crippen molar-refractivity contribution in [3.05, 3.63) is 35.9 Å². The van der Waals surface area contributed by atoms with E-state index in [9.17, 15) is 4.79 Å². The highest BCUT2D eigenvalue weighted by Gasteiger charge is 2.77. The van der Waals surface area contributed by atoms with Gasteiger partial charge in [0, 0.05) is 18.8 Å². The summed E-state index contributed by atoms with van der Waals surface area (Å²) in [6.07, 6.45) is 1.88. The van der Waals surface area contributed by atoms with Crippen LogP contribution in [0.1, 0.15) is 25.8 Å². The van der Waals surface area contributed by atoms with Crippen LogP contribution in [0.15, 0.2) is 30.3 Å². The molecule has 1 aromatic carbocycles. The maximum Gasteiger partial charge on any atom is 0.312 e. The number of rotatable bonds is 2. The molecule has 0 spiro atoms. The second kappa shape index (κ2) is 3.92. The number of hydrogen-bond donors (Lipinski definition) is 0. The molecule has 3 saturated heterocycles. The molecule has 0 unspecified atom stereocenters. The summed E-state index contributed by atoms with van der Waals surface area (Å²) in [5.74, 6) is -0.688. The zero-order chi connectivity index (χ0) is 15.1. The van der Waals surface area contributed by atoms with Crippen LogP contribution in [0.4, 0.5) is 0 Å². The van der Waals surface area contributed by atoms with Crippen LogP contribution in [0.5, 0.6) is 0 Å². The molecule has 0 bridgehead atoms. The van der Waals surface area contributed by atoms with E-state index in [1.54, 1.807) is 0 Å². The van der Waals surface area contributed by atoms with Gasteiger partial charge in [-0.2, -0.15) is 0 Å². The van der Waals surface area contributed by atoms with Crippen LogP contribution >= 0.6 is 0 Å². The summed E-state index contributed by atoms with van der Waals surface area (Å²) in [6.45, 7) is 3.92. The molecule has 1 aliphatic carbocycles. The molecule has 3 aliphatic heterocycles. The summed E-state index contributed by atoms with van der Waals surface area (Å²) in [5, 5.41) is 0. The maximum absolute atomic E-state index is 12.2. The molecule has 4 heteroatoms. The van der Waals surface area contributed by atoms with Gasteiger partial charge in [0.25, 0.3) is 0 Å². The standard InChI is InChI=1S/C18H20O4/c1-17-14-11(13(20-17)8-10-6-4-3-5-7-10)9-12-15(14)18(2,22-17)21-16(12)19/h3-7,11-15H,8-9H2,1-2H3/t11-,12-,13-,14-,15-,17-,18+/m1/s1. The van der Waals surface area contributed by atoms with Gasteiger partial charge in [-0.05, 0) is 31.2 Å². The Kier molecular flexibility index (Phi) is 2.33. The molecule has 0 radical (unpaired) electrons. The molecule has 4 fully saturated rings. The Morgan fingerprint density at radius 3 is 2.68 bits per heavy atom. The highest BCUT2D eigenvalue weighted by atomic mass is 16.8. The second-order valence-electron chi connectivity index (χ2n) is 7.46. The first-order valence-corrected chi connectivity index (χ1v) is 8.15. The second-order valence-corrected chi connectivity index (χ2v) is 7.46. The Morgan fingerprint density at radius 2 is 1.91 bits per heavy atom. The van der Waals surface area contributed by atoms with E-state index in [0.29, 0.717) is 5.92 Å². The first kappa shape index (κ1) is 13.1. The first-order valence-electron chi connectivity index (χ1n) is 8.15. The number of carbonyl (C=O) groups excluding carboxylic acids is 1. The zero-order valence-corrected chi connectivity index (χ0v) is 12.8. The molecule has 22 heavy (non-hydrogen) atoms. The third-order valence-corrected chi connectivity index (χ3v) is 6.17. The van der Waals surface area contributed by atoms with Crippen molar-refractivity contribution >= 4 is 5.97 Å². The number of hydrogen-bond acceptors (Lipinski definition) is 4. The van der Waals surface area contributed by atoms with Crippen molar-refractivity contribution in [2.75, 3.05) is 0 Å². The van der Waals surface area contributed by atoms with Gasteiger partial charge < -0.3 is 14.2 Å². The Bertz CT molecular complexity index is 644. The fourth-order valence-electron chi connectivity index (χ4n) is 5.57. The van der Waals surface area contributed by atoms with Crippen LogP contribution in [-0.2, 0) is 25.4 Å².